The molecular weight excluding hydrogens is 510 g/mol. The lowest BCUT2D eigenvalue weighted by molar-refractivity contribution is -0.132. The Morgan fingerprint density at radius 3 is 2.77 bits per heavy atom. The highest BCUT2D eigenvalue weighted by atomic mass is 32.2. The lowest BCUT2D eigenvalue weighted by Gasteiger charge is -2.30. The summed E-state index contributed by atoms with van der Waals surface area (Å²) in [4.78, 5) is 36.0. The average Bonchev–Trinajstić information content (AvgIpc) is 3.33. The van der Waals surface area contributed by atoms with E-state index in [1.807, 2.05) is 6.07 Å². The van der Waals surface area contributed by atoms with E-state index in [1.54, 1.807) is 39.4 Å². The van der Waals surface area contributed by atoms with Crippen LogP contribution >= 0.6 is 11.8 Å². The molecule has 0 atom stereocenters. The molecule has 8 nitrogen and oxygen atoms in total. The lowest BCUT2D eigenvalue weighted by Crippen LogP contribution is -2.42. The minimum Gasteiger partial charge on any atom is -0.508 e. The molecule has 2 aromatic carbocycles. The van der Waals surface area contributed by atoms with Crippen molar-refractivity contribution in [3.8, 4) is 11.4 Å². The number of phenolic OH excluding ortho intramolecular Hbond substituents is 1. The van der Waals surface area contributed by atoms with Gasteiger partial charge in [0.1, 0.15) is 5.75 Å². The molecule has 2 aliphatic heterocycles. The number of carbonyl (C=O) groups is 1. The minimum atomic E-state index is -0.144. The number of nitrogens with zero attached hydrogens (tertiary/aromatic N) is 4. The van der Waals surface area contributed by atoms with Crippen molar-refractivity contribution in [3.63, 3.8) is 0 Å². The molecular formula is C30H35N5O3S. The molecule has 0 radical (unpaired) electrons. The van der Waals surface area contributed by atoms with Gasteiger partial charge in [-0.05, 0) is 43.0 Å². The maximum Gasteiger partial charge on any atom is 0.264 e. The predicted molar refractivity (Wildman–Crippen MR) is 154 cm³/mol. The third-order valence-corrected chi connectivity index (χ3v) is 9.31. The summed E-state index contributed by atoms with van der Waals surface area (Å²) in [7, 11) is 0. The van der Waals surface area contributed by atoms with Crippen LogP contribution in [0.4, 0.5) is 5.69 Å². The molecule has 6 rings (SSSR count). The Kier molecular flexibility index (Phi) is 7.61. The molecule has 1 aromatic heterocycles. The highest BCUT2D eigenvalue weighted by Crippen LogP contribution is 2.36. The summed E-state index contributed by atoms with van der Waals surface area (Å²) in [6.45, 7) is 4.25. The molecule has 3 aromatic rings. The molecule has 0 spiro atoms. The molecule has 9 heteroatoms. The molecule has 39 heavy (non-hydrogen) atoms. The van der Waals surface area contributed by atoms with Crippen molar-refractivity contribution in [3.05, 3.63) is 75.7 Å². The first-order valence-electron chi connectivity index (χ1n) is 14.0. The number of anilines is 1. The number of aromatic hydroxyl groups is 1. The van der Waals surface area contributed by atoms with E-state index in [9.17, 15) is 14.7 Å². The van der Waals surface area contributed by atoms with Crippen LogP contribution in [0.3, 0.4) is 0 Å². The Bertz CT molecular complexity index is 1420. The van der Waals surface area contributed by atoms with E-state index in [0.717, 1.165) is 44.6 Å². The molecule has 2 N–H and O–H groups in total. The van der Waals surface area contributed by atoms with Crippen molar-refractivity contribution in [1.82, 2.24) is 19.8 Å². The summed E-state index contributed by atoms with van der Waals surface area (Å²) in [5.41, 5.74) is 4.56. The number of benzene rings is 2. The second-order valence-corrected chi connectivity index (χ2v) is 11.8. The van der Waals surface area contributed by atoms with E-state index in [-0.39, 0.29) is 23.8 Å². The van der Waals surface area contributed by atoms with Gasteiger partial charge >= 0.3 is 0 Å². The Morgan fingerprint density at radius 2 is 1.95 bits per heavy atom. The van der Waals surface area contributed by atoms with Gasteiger partial charge in [0.05, 0.1) is 23.5 Å². The summed E-state index contributed by atoms with van der Waals surface area (Å²) in [6, 6.07) is 15.3. The Balaban J connectivity index is 1.09. The van der Waals surface area contributed by atoms with Crippen LogP contribution in [0.2, 0.25) is 0 Å². The Hall–Kier alpha value is -3.30. The van der Waals surface area contributed by atoms with Gasteiger partial charge < -0.3 is 20.2 Å². The molecule has 0 unspecified atom stereocenters. The molecule has 3 heterocycles. The van der Waals surface area contributed by atoms with Crippen LogP contribution in [0, 0.1) is 0 Å². The normalized spacial score (nSPS) is 16.6. The van der Waals surface area contributed by atoms with Gasteiger partial charge in [-0.3, -0.25) is 14.2 Å². The van der Waals surface area contributed by atoms with Crippen LogP contribution in [0.15, 0.2) is 58.5 Å². The van der Waals surface area contributed by atoms with E-state index >= 15 is 0 Å². The summed E-state index contributed by atoms with van der Waals surface area (Å²) < 4.78 is 1.62. The van der Waals surface area contributed by atoms with Crippen molar-refractivity contribution < 1.29 is 9.90 Å². The maximum absolute atomic E-state index is 13.8. The smallest absolute Gasteiger partial charge is 0.264 e. The van der Waals surface area contributed by atoms with Crippen LogP contribution in [0.25, 0.3) is 5.69 Å². The van der Waals surface area contributed by atoms with Gasteiger partial charge in [0.25, 0.3) is 5.56 Å². The predicted octanol–water partition coefficient (Wildman–Crippen LogP) is 3.51. The van der Waals surface area contributed by atoms with Crippen LogP contribution in [0.5, 0.6) is 5.75 Å². The van der Waals surface area contributed by atoms with E-state index < -0.39 is 0 Å². The number of phenols is 1. The summed E-state index contributed by atoms with van der Waals surface area (Å²) in [5.74, 6) is 0.158. The fourth-order valence-electron chi connectivity index (χ4n) is 5.58. The van der Waals surface area contributed by atoms with Crippen LogP contribution in [0.1, 0.15) is 42.5 Å². The molecule has 1 saturated carbocycles. The largest absolute Gasteiger partial charge is 0.508 e. The number of nitrogens with one attached hydrogen (secondary N) is 1. The quantitative estimate of drug-likeness (QED) is 0.314. The van der Waals surface area contributed by atoms with Gasteiger partial charge in [-0.2, -0.15) is 0 Å². The zero-order chi connectivity index (χ0) is 26.8. The number of hydrogen-bond donors (Lipinski definition) is 2. The second-order valence-electron chi connectivity index (χ2n) is 10.6. The number of thioether (sulfide) groups is 1. The minimum absolute atomic E-state index is 0.0518. The van der Waals surface area contributed by atoms with E-state index in [1.165, 1.54) is 17.7 Å². The van der Waals surface area contributed by atoms with Gasteiger partial charge in [0.2, 0.25) is 5.91 Å². The summed E-state index contributed by atoms with van der Waals surface area (Å²) >= 11 is 1.65. The van der Waals surface area contributed by atoms with Crippen molar-refractivity contribution in [2.75, 3.05) is 37.6 Å². The fourth-order valence-corrected chi connectivity index (χ4v) is 6.90. The monoisotopic (exact) mass is 545 g/mol. The first-order valence-corrected chi connectivity index (χ1v) is 14.9. The average molecular weight is 546 g/mol. The number of amides is 1. The lowest BCUT2D eigenvalue weighted by atomic mass is 10.0. The van der Waals surface area contributed by atoms with Gasteiger partial charge in [-0.15, -0.1) is 0 Å². The van der Waals surface area contributed by atoms with Crippen molar-refractivity contribution >= 4 is 23.4 Å². The topological polar surface area (TPSA) is 90.7 Å². The van der Waals surface area contributed by atoms with Crippen molar-refractivity contribution in [1.29, 1.82) is 0 Å². The zero-order valence-electron chi connectivity index (χ0n) is 22.1. The maximum atomic E-state index is 13.8. The molecule has 1 fully saturated rings. The number of fused-ring (bicyclic) bond motifs is 2. The molecule has 3 aliphatic rings. The number of carbonyl (C=O) groups excluding carboxylic acids is 1. The third-order valence-electron chi connectivity index (χ3n) is 8.02. The van der Waals surface area contributed by atoms with Crippen LogP contribution in [-0.2, 0) is 24.2 Å². The standard InChI is InChI=1S/C30H35N5O3S/c36-23-7-3-6-22(19-23)35-29(38)25-20-34(17-13-26(25)32-30(35)39-24-8-4-9-24)28(37)11-14-31-15-18-33-16-12-21-5-1-2-10-27(21)33/h1-3,5-7,10,19,24,31,36H,4,8-9,11-18,20H2. The van der Waals surface area contributed by atoms with Gasteiger partial charge in [0.15, 0.2) is 5.16 Å². The van der Waals surface area contributed by atoms with Gasteiger partial charge in [0, 0.05) is 62.6 Å². The summed E-state index contributed by atoms with van der Waals surface area (Å²) in [5, 5.41) is 14.6. The number of para-hydroxylation sites is 1. The van der Waals surface area contributed by atoms with E-state index in [0.29, 0.717) is 47.6 Å². The van der Waals surface area contributed by atoms with E-state index in [4.69, 9.17) is 4.98 Å². The number of aromatic nitrogens is 2. The highest BCUT2D eigenvalue weighted by molar-refractivity contribution is 7.99. The van der Waals surface area contributed by atoms with Crippen molar-refractivity contribution in [2.45, 2.75) is 55.5 Å². The van der Waals surface area contributed by atoms with Gasteiger partial charge in [-0.25, -0.2) is 4.98 Å². The molecule has 0 saturated heterocycles. The van der Waals surface area contributed by atoms with Gasteiger partial charge in [-0.1, -0.05) is 42.4 Å². The highest BCUT2D eigenvalue weighted by Gasteiger charge is 2.29. The fraction of sp³-hybridized carbons (Fsp3) is 0.433. The molecule has 1 amide bonds. The van der Waals surface area contributed by atoms with Crippen LogP contribution < -0.4 is 15.8 Å². The van der Waals surface area contributed by atoms with Crippen LogP contribution in [-0.4, -0.2) is 63.4 Å². The first kappa shape index (κ1) is 26.0. The first-order chi connectivity index (χ1) is 19.1. The molecule has 1 aliphatic carbocycles. The Morgan fingerprint density at radius 1 is 1.08 bits per heavy atom. The third kappa shape index (κ3) is 5.56. The molecule has 0 bridgehead atoms. The molecule has 204 valence electrons. The second kappa shape index (κ2) is 11.4. The SMILES string of the molecule is O=C(CCNCCN1CCc2ccccc21)N1CCc2nc(SC3CCC3)n(-c3cccc(O)c3)c(=O)c2C1. The van der Waals surface area contributed by atoms with Crippen molar-refractivity contribution in [2.24, 2.45) is 0 Å². The number of rotatable bonds is 9. The number of hydrogen-bond acceptors (Lipinski definition) is 7. The Labute approximate surface area is 233 Å². The van der Waals surface area contributed by atoms with E-state index in [2.05, 4.69) is 34.5 Å². The zero-order valence-corrected chi connectivity index (χ0v) is 23.0. The summed E-state index contributed by atoms with van der Waals surface area (Å²) in [6.07, 6.45) is 5.52.